The normalized spacial score (nSPS) is 11.7. The molecule has 0 aliphatic rings. The summed E-state index contributed by atoms with van der Waals surface area (Å²) in [6.07, 6.45) is 0.432. The van der Waals surface area contributed by atoms with E-state index < -0.39 is 0 Å². The monoisotopic (exact) mass is 316 g/mol. The summed E-state index contributed by atoms with van der Waals surface area (Å²) in [6.45, 7) is 0. The van der Waals surface area contributed by atoms with Crippen LogP contribution >= 0.6 is 0 Å². The number of Topliss-reactive ketones (excluding diaryl/α,β-unsaturated/α-hetero) is 1. The maximum atomic E-state index is 12.7. The number of carbonyl (C=O) groups excluding carboxylic acids is 1. The van der Waals surface area contributed by atoms with Crippen LogP contribution in [0.2, 0.25) is 0 Å². The second-order valence-corrected chi connectivity index (χ2v) is 5.73. The summed E-state index contributed by atoms with van der Waals surface area (Å²) >= 11 is 0. The van der Waals surface area contributed by atoms with Crippen molar-refractivity contribution in [3.8, 4) is 5.75 Å². The van der Waals surface area contributed by atoms with Crippen molar-refractivity contribution in [2.45, 2.75) is 12.3 Å². The van der Waals surface area contributed by atoms with E-state index in [1.807, 2.05) is 66.7 Å². The summed E-state index contributed by atoms with van der Waals surface area (Å²) in [4.78, 5) is 12.7. The molecule has 0 N–H and O–H groups in total. The van der Waals surface area contributed by atoms with Gasteiger partial charge in [-0.25, -0.2) is 0 Å². The molecule has 0 aliphatic heterocycles. The minimum absolute atomic E-state index is 0.00834. The Balaban J connectivity index is 1.95. The molecule has 3 aromatic rings. The molecule has 0 spiro atoms. The van der Waals surface area contributed by atoms with Gasteiger partial charge in [-0.3, -0.25) is 4.79 Å². The molecule has 0 radical (unpaired) electrons. The first-order valence-electron chi connectivity index (χ1n) is 8.05. The van der Waals surface area contributed by atoms with Gasteiger partial charge in [0.15, 0.2) is 5.78 Å². The van der Waals surface area contributed by atoms with Gasteiger partial charge in [-0.05, 0) is 23.3 Å². The van der Waals surface area contributed by atoms with Crippen LogP contribution in [0, 0.1) is 0 Å². The molecule has 0 aromatic heterocycles. The first kappa shape index (κ1) is 16.0. The van der Waals surface area contributed by atoms with Gasteiger partial charge in [-0.2, -0.15) is 0 Å². The number of hydrogen-bond acceptors (Lipinski definition) is 2. The molecule has 0 aliphatic carbocycles. The average molecular weight is 316 g/mol. The summed E-state index contributed by atoms with van der Waals surface area (Å²) in [6, 6.07) is 27.6. The van der Waals surface area contributed by atoms with Crippen LogP contribution in [0.4, 0.5) is 0 Å². The third-order valence-corrected chi connectivity index (χ3v) is 4.18. The molecular weight excluding hydrogens is 296 g/mol. The van der Waals surface area contributed by atoms with Gasteiger partial charge in [0.25, 0.3) is 0 Å². The maximum absolute atomic E-state index is 12.7. The SMILES string of the molecule is COc1cccc(C(CC(=O)c2ccccc2)c2ccccc2)c1. The molecule has 0 bridgehead atoms. The minimum atomic E-state index is 0.00834. The Labute approximate surface area is 142 Å². The van der Waals surface area contributed by atoms with Gasteiger partial charge in [0.05, 0.1) is 7.11 Å². The van der Waals surface area contributed by atoms with E-state index in [1.165, 1.54) is 0 Å². The number of rotatable bonds is 6. The molecule has 2 heteroatoms. The number of ether oxygens (including phenoxy) is 1. The zero-order chi connectivity index (χ0) is 16.8. The van der Waals surface area contributed by atoms with Crippen LogP contribution in [0.1, 0.15) is 33.8 Å². The summed E-state index contributed by atoms with van der Waals surface area (Å²) in [5.41, 5.74) is 2.97. The topological polar surface area (TPSA) is 26.3 Å². The van der Waals surface area contributed by atoms with Crippen molar-refractivity contribution >= 4 is 5.78 Å². The number of carbonyl (C=O) groups is 1. The fourth-order valence-corrected chi connectivity index (χ4v) is 2.90. The highest BCUT2D eigenvalue weighted by atomic mass is 16.5. The van der Waals surface area contributed by atoms with Crippen molar-refractivity contribution in [2.75, 3.05) is 7.11 Å². The van der Waals surface area contributed by atoms with Crippen LogP contribution in [-0.4, -0.2) is 12.9 Å². The first-order chi connectivity index (χ1) is 11.8. The highest BCUT2D eigenvalue weighted by molar-refractivity contribution is 5.96. The van der Waals surface area contributed by atoms with E-state index in [0.717, 1.165) is 22.4 Å². The lowest BCUT2D eigenvalue weighted by Gasteiger charge is -2.18. The van der Waals surface area contributed by atoms with Gasteiger partial charge in [0.2, 0.25) is 0 Å². The third-order valence-electron chi connectivity index (χ3n) is 4.18. The molecule has 3 aromatic carbocycles. The van der Waals surface area contributed by atoms with Gasteiger partial charge in [0.1, 0.15) is 5.75 Å². The lowest BCUT2D eigenvalue weighted by molar-refractivity contribution is 0.0977. The molecule has 0 amide bonds. The zero-order valence-electron chi connectivity index (χ0n) is 13.7. The Kier molecular flexibility index (Phi) is 5.07. The van der Waals surface area contributed by atoms with E-state index in [2.05, 4.69) is 18.2 Å². The third kappa shape index (κ3) is 3.72. The van der Waals surface area contributed by atoms with Crippen molar-refractivity contribution in [3.05, 3.63) is 102 Å². The van der Waals surface area contributed by atoms with E-state index in [0.29, 0.717) is 6.42 Å². The van der Waals surface area contributed by atoms with Crippen molar-refractivity contribution in [1.29, 1.82) is 0 Å². The molecule has 2 nitrogen and oxygen atoms in total. The van der Waals surface area contributed by atoms with E-state index in [4.69, 9.17) is 4.74 Å². The Morgan fingerprint density at radius 1 is 0.833 bits per heavy atom. The summed E-state index contributed by atoms with van der Waals surface area (Å²) < 4.78 is 5.35. The van der Waals surface area contributed by atoms with Gasteiger partial charge >= 0.3 is 0 Å². The second-order valence-electron chi connectivity index (χ2n) is 5.73. The fraction of sp³-hybridized carbons (Fsp3) is 0.136. The van der Waals surface area contributed by atoms with Crippen LogP contribution < -0.4 is 4.74 Å². The van der Waals surface area contributed by atoms with Crippen LogP contribution in [0.15, 0.2) is 84.9 Å². The Morgan fingerprint density at radius 3 is 2.12 bits per heavy atom. The number of ketones is 1. The highest BCUT2D eigenvalue weighted by Crippen LogP contribution is 2.31. The van der Waals surface area contributed by atoms with Crippen molar-refractivity contribution in [3.63, 3.8) is 0 Å². The molecule has 0 heterocycles. The Hall–Kier alpha value is -2.87. The lowest BCUT2D eigenvalue weighted by Crippen LogP contribution is -2.09. The summed E-state index contributed by atoms with van der Waals surface area (Å²) in [5.74, 6) is 0.960. The molecule has 0 saturated heterocycles. The molecule has 120 valence electrons. The smallest absolute Gasteiger partial charge is 0.163 e. The van der Waals surface area contributed by atoms with Crippen LogP contribution in [0.5, 0.6) is 5.75 Å². The minimum Gasteiger partial charge on any atom is -0.497 e. The zero-order valence-corrected chi connectivity index (χ0v) is 13.7. The van der Waals surface area contributed by atoms with E-state index in [9.17, 15) is 4.79 Å². The average Bonchev–Trinajstić information content (AvgIpc) is 2.67. The molecule has 0 fully saturated rings. The molecule has 3 rings (SSSR count). The largest absolute Gasteiger partial charge is 0.497 e. The number of methoxy groups -OCH3 is 1. The molecule has 1 unspecified atom stereocenters. The highest BCUT2D eigenvalue weighted by Gasteiger charge is 2.19. The molecule has 1 atom stereocenters. The Bertz CT molecular complexity index is 794. The van der Waals surface area contributed by atoms with E-state index in [-0.39, 0.29) is 11.7 Å². The van der Waals surface area contributed by atoms with Gasteiger partial charge < -0.3 is 4.74 Å². The summed E-state index contributed by atoms with van der Waals surface area (Å²) in [5, 5.41) is 0. The summed E-state index contributed by atoms with van der Waals surface area (Å²) in [7, 11) is 1.66. The van der Waals surface area contributed by atoms with Crippen LogP contribution in [0.25, 0.3) is 0 Å². The predicted molar refractivity (Wildman–Crippen MR) is 96.7 cm³/mol. The predicted octanol–water partition coefficient (Wildman–Crippen LogP) is 5.10. The van der Waals surface area contributed by atoms with Gasteiger partial charge in [0, 0.05) is 17.9 Å². The number of benzene rings is 3. The van der Waals surface area contributed by atoms with Crippen molar-refractivity contribution < 1.29 is 9.53 Å². The van der Waals surface area contributed by atoms with Crippen molar-refractivity contribution in [2.24, 2.45) is 0 Å². The van der Waals surface area contributed by atoms with Crippen molar-refractivity contribution in [1.82, 2.24) is 0 Å². The molecule has 24 heavy (non-hydrogen) atoms. The van der Waals surface area contributed by atoms with Gasteiger partial charge in [-0.1, -0.05) is 72.8 Å². The van der Waals surface area contributed by atoms with E-state index in [1.54, 1.807) is 7.11 Å². The second kappa shape index (κ2) is 7.60. The standard InChI is InChI=1S/C22H20O2/c1-24-20-14-8-13-19(15-20)21(17-9-4-2-5-10-17)16-22(23)18-11-6-3-7-12-18/h2-15,21H,16H2,1H3. The molecular formula is C22H20O2. The lowest BCUT2D eigenvalue weighted by atomic mass is 9.86. The fourth-order valence-electron chi connectivity index (χ4n) is 2.90. The van der Waals surface area contributed by atoms with Gasteiger partial charge in [-0.15, -0.1) is 0 Å². The molecule has 0 saturated carbocycles. The maximum Gasteiger partial charge on any atom is 0.163 e. The van der Waals surface area contributed by atoms with Crippen LogP contribution in [-0.2, 0) is 0 Å². The Morgan fingerprint density at radius 2 is 1.46 bits per heavy atom. The van der Waals surface area contributed by atoms with Crippen LogP contribution in [0.3, 0.4) is 0 Å². The first-order valence-corrected chi connectivity index (χ1v) is 8.05. The quantitative estimate of drug-likeness (QED) is 0.591. The number of hydrogen-bond donors (Lipinski definition) is 0. The van der Waals surface area contributed by atoms with E-state index >= 15 is 0 Å².